The zero-order valence-electron chi connectivity index (χ0n) is 14.7. The summed E-state index contributed by atoms with van der Waals surface area (Å²) in [7, 11) is -3.79. The first kappa shape index (κ1) is 19.3. The van der Waals surface area contributed by atoms with Gasteiger partial charge in [0.25, 0.3) is 10.0 Å². The third kappa shape index (κ3) is 5.51. The molecule has 3 rings (SSSR count). The van der Waals surface area contributed by atoms with E-state index < -0.39 is 15.8 Å². The number of ether oxygens (including phenoxy) is 1. The van der Waals surface area contributed by atoms with E-state index in [1.54, 1.807) is 24.3 Å². The van der Waals surface area contributed by atoms with E-state index in [4.69, 9.17) is 4.74 Å². The molecule has 0 spiro atoms. The molecule has 2 aromatic rings. The lowest BCUT2D eigenvalue weighted by Gasteiger charge is -2.11. The molecule has 0 radical (unpaired) electrons. The number of rotatable bonds is 7. The Morgan fingerprint density at radius 3 is 2.44 bits per heavy atom. The molecule has 1 aliphatic rings. The van der Waals surface area contributed by atoms with Crippen LogP contribution in [0.2, 0.25) is 0 Å². The quantitative estimate of drug-likeness (QED) is 0.758. The van der Waals surface area contributed by atoms with Gasteiger partial charge in [-0.2, -0.15) is 0 Å². The first-order valence-corrected chi connectivity index (χ1v) is 10.2. The molecule has 1 heterocycles. The fourth-order valence-electron chi connectivity index (χ4n) is 2.80. The van der Waals surface area contributed by atoms with Crippen LogP contribution in [0.1, 0.15) is 18.4 Å². The summed E-state index contributed by atoms with van der Waals surface area (Å²) in [4.78, 5) is 12.0. The summed E-state index contributed by atoms with van der Waals surface area (Å²) < 4.78 is 45.4. The molecule has 1 fully saturated rings. The van der Waals surface area contributed by atoms with E-state index in [1.165, 1.54) is 12.1 Å². The molecule has 2 N–H and O–H groups in total. The van der Waals surface area contributed by atoms with Gasteiger partial charge in [-0.25, -0.2) is 12.8 Å². The number of anilines is 1. The first-order valence-electron chi connectivity index (χ1n) is 8.68. The van der Waals surface area contributed by atoms with Crippen molar-refractivity contribution in [3.8, 4) is 0 Å². The van der Waals surface area contributed by atoms with Gasteiger partial charge in [0, 0.05) is 18.8 Å². The minimum atomic E-state index is -3.79. The molecule has 1 aliphatic heterocycles. The van der Waals surface area contributed by atoms with Crippen LogP contribution in [0.4, 0.5) is 10.1 Å². The molecule has 27 heavy (non-hydrogen) atoms. The Balaban J connectivity index is 1.54. The molecule has 0 saturated carbocycles. The lowest BCUT2D eigenvalue weighted by Crippen LogP contribution is -2.32. The van der Waals surface area contributed by atoms with Crippen LogP contribution in [0.5, 0.6) is 0 Å². The van der Waals surface area contributed by atoms with E-state index in [0.29, 0.717) is 12.2 Å². The fraction of sp³-hybridized carbons (Fsp3) is 0.316. The largest absolute Gasteiger partial charge is 0.376 e. The van der Waals surface area contributed by atoms with Crippen molar-refractivity contribution in [1.82, 2.24) is 5.32 Å². The van der Waals surface area contributed by atoms with Gasteiger partial charge in [0.15, 0.2) is 0 Å². The van der Waals surface area contributed by atoms with Gasteiger partial charge in [0.2, 0.25) is 5.91 Å². The maximum atomic E-state index is 12.9. The van der Waals surface area contributed by atoms with E-state index in [-0.39, 0.29) is 23.3 Å². The highest BCUT2D eigenvalue weighted by atomic mass is 32.2. The maximum Gasteiger partial charge on any atom is 0.261 e. The van der Waals surface area contributed by atoms with Crippen LogP contribution >= 0.6 is 0 Å². The number of carbonyl (C=O) groups excluding carboxylic acids is 1. The van der Waals surface area contributed by atoms with Crippen molar-refractivity contribution < 1.29 is 22.3 Å². The van der Waals surface area contributed by atoms with Crippen LogP contribution in [0.15, 0.2) is 53.4 Å². The Bertz CT molecular complexity index is 877. The lowest BCUT2D eigenvalue weighted by atomic mass is 10.1. The summed E-state index contributed by atoms with van der Waals surface area (Å²) >= 11 is 0. The molecule has 0 aliphatic carbocycles. The van der Waals surface area contributed by atoms with E-state index in [0.717, 1.165) is 37.1 Å². The number of hydrogen-bond acceptors (Lipinski definition) is 4. The zero-order valence-corrected chi connectivity index (χ0v) is 15.5. The van der Waals surface area contributed by atoms with Crippen molar-refractivity contribution in [3.05, 3.63) is 59.9 Å². The molecular formula is C19H21FN2O4S. The number of sulfonamides is 1. The van der Waals surface area contributed by atoms with Crippen molar-refractivity contribution >= 4 is 21.6 Å². The highest BCUT2D eigenvalue weighted by molar-refractivity contribution is 7.92. The monoisotopic (exact) mass is 392 g/mol. The number of benzene rings is 2. The van der Waals surface area contributed by atoms with Crippen molar-refractivity contribution in [2.45, 2.75) is 30.3 Å². The minimum absolute atomic E-state index is 0.0264. The predicted molar refractivity (Wildman–Crippen MR) is 99.3 cm³/mol. The SMILES string of the molecule is O=C(Cc1ccc(NS(=O)(=O)c2ccc(F)cc2)cc1)NCC1CCCO1. The van der Waals surface area contributed by atoms with Gasteiger partial charge in [-0.15, -0.1) is 0 Å². The number of nitrogens with one attached hydrogen (secondary N) is 2. The minimum Gasteiger partial charge on any atom is -0.376 e. The second-order valence-electron chi connectivity index (χ2n) is 6.37. The molecule has 8 heteroatoms. The first-order chi connectivity index (χ1) is 12.9. The van der Waals surface area contributed by atoms with E-state index in [1.807, 2.05) is 0 Å². The van der Waals surface area contributed by atoms with E-state index in [9.17, 15) is 17.6 Å². The molecule has 144 valence electrons. The van der Waals surface area contributed by atoms with Gasteiger partial charge in [0.1, 0.15) is 5.82 Å². The average molecular weight is 392 g/mol. The van der Waals surface area contributed by atoms with Gasteiger partial charge in [-0.3, -0.25) is 9.52 Å². The van der Waals surface area contributed by atoms with Gasteiger partial charge in [0.05, 0.1) is 17.4 Å². The van der Waals surface area contributed by atoms with Gasteiger partial charge in [-0.1, -0.05) is 12.1 Å². The zero-order chi connectivity index (χ0) is 19.3. The molecule has 1 unspecified atom stereocenters. The van der Waals surface area contributed by atoms with Crippen LogP contribution in [0.25, 0.3) is 0 Å². The summed E-state index contributed by atoms with van der Waals surface area (Å²) in [5.74, 6) is -0.610. The predicted octanol–water partition coefficient (Wildman–Crippen LogP) is 2.46. The van der Waals surface area contributed by atoms with Crippen molar-refractivity contribution in [2.24, 2.45) is 0 Å². The Morgan fingerprint density at radius 1 is 1.11 bits per heavy atom. The summed E-state index contributed by atoms with van der Waals surface area (Å²) in [5.41, 5.74) is 1.13. The van der Waals surface area contributed by atoms with Crippen molar-refractivity contribution in [2.75, 3.05) is 17.9 Å². The van der Waals surface area contributed by atoms with Crippen molar-refractivity contribution in [3.63, 3.8) is 0 Å². The van der Waals surface area contributed by atoms with Crippen LogP contribution in [-0.4, -0.2) is 33.6 Å². The van der Waals surface area contributed by atoms with Gasteiger partial charge in [-0.05, 0) is 54.8 Å². The van der Waals surface area contributed by atoms with Gasteiger partial charge >= 0.3 is 0 Å². The third-order valence-corrected chi connectivity index (χ3v) is 5.64. The summed E-state index contributed by atoms with van der Waals surface area (Å²) in [5, 5.41) is 2.85. The second-order valence-corrected chi connectivity index (χ2v) is 8.05. The number of halogens is 1. The maximum absolute atomic E-state index is 12.9. The highest BCUT2D eigenvalue weighted by Crippen LogP contribution is 2.17. The molecule has 1 atom stereocenters. The molecule has 0 aromatic heterocycles. The number of amides is 1. The van der Waals surface area contributed by atoms with Crippen LogP contribution < -0.4 is 10.0 Å². The van der Waals surface area contributed by atoms with E-state index >= 15 is 0 Å². The number of hydrogen-bond donors (Lipinski definition) is 2. The molecule has 2 aromatic carbocycles. The highest BCUT2D eigenvalue weighted by Gasteiger charge is 2.17. The average Bonchev–Trinajstić information content (AvgIpc) is 3.15. The normalized spacial score (nSPS) is 16.9. The molecule has 1 saturated heterocycles. The van der Waals surface area contributed by atoms with E-state index in [2.05, 4.69) is 10.0 Å². The third-order valence-electron chi connectivity index (χ3n) is 4.25. The molecule has 6 nitrogen and oxygen atoms in total. The molecular weight excluding hydrogens is 371 g/mol. The molecule has 1 amide bonds. The van der Waals surface area contributed by atoms with Crippen LogP contribution in [0.3, 0.4) is 0 Å². The Hall–Kier alpha value is -2.45. The van der Waals surface area contributed by atoms with Crippen LogP contribution in [0, 0.1) is 5.82 Å². The topological polar surface area (TPSA) is 84.5 Å². The summed E-state index contributed by atoms with van der Waals surface area (Å²) in [6.07, 6.45) is 2.29. The second kappa shape index (κ2) is 8.49. The smallest absolute Gasteiger partial charge is 0.261 e. The van der Waals surface area contributed by atoms with Crippen molar-refractivity contribution in [1.29, 1.82) is 0 Å². The Labute approximate surface area is 157 Å². The Kier molecular flexibility index (Phi) is 6.08. The summed E-state index contributed by atoms with van der Waals surface area (Å²) in [6, 6.07) is 11.1. The number of carbonyl (C=O) groups is 1. The molecule has 0 bridgehead atoms. The fourth-order valence-corrected chi connectivity index (χ4v) is 3.86. The summed E-state index contributed by atoms with van der Waals surface area (Å²) in [6.45, 7) is 1.25. The Morgan fingerprint density at radius 2 is 1.81 bits per heavy atom. The lowest BCUT2D eigenvalue weighted by molar-refractivity contribution is -0.120. The van der Waals surface area contributed by atoms with Gasteiger partial charge < -0.3 is 10.1 Å². The van der Waals surface area contributed by atoms with Crippen LogP contribution in [-0.2, 0) is 26.0 Å². The standard InChI is InChI=1S/C19H21FN2O4S/c20-15-5-9-18(10-6-15)27(24,25)22-16-7-3-14(4-8-16)12-19(23)21-13-17-2-1-11-26-17/h3-10,17,22H,1-2,11-13H2,(H,21,23).